The van der Waals surface area contributed by atoms with Crippen molar-refractivity contribution in [3.8, 4) is 0 Å². The van der Waals surface area contributed by atoms with Gasteiger partial charge in [-0.3, -0.25) is 4.79 Å². The Morgan fingerprint density at radius 2 is 2.15 bits per heavy atom. The van der Waals surface area contributed by atoms with Crippen LogP contribution in [0.2, 0.25) is 0 Å². The number of aromatic nitrogens is 3. The van der Waals surface area contributed by atoms with E-state index in [1.807, 2.05) is 13.8 Å². The van der Waals surface area contributed by atoms with E-state index in [0.29, 0.717) is 23.7 Å². The number of aryl methyl sites for hydroxylation is 2. The van der Waals surface area contributed by atoms with E-state index in [2.05, 4.69) is 51.3 Å². The zero-order chi connectivity index (χ0) is 18.7. The monoisotopic (exact) mass is 362 g/mol. The van der Waals surface area contributed by atoms with Gasteiger partial charge in [0, 0.05) is 46.9 Å². The molecule has 0 radical (unpaired) electrons. The third kappa shape index (κ3) is 2.64. The summed E-state index contributed by atoms with van der Waals surface area (Å²) >= 11 is 0. The number of aromatic amines is 2. The lowest BCUT2D eigenvalue weighted by Crippen LogP contribution is -2.48. The van der Waals surface area contributed by atoms with Crippen molar-refractivity contribution >= 4 is 10.9 Å². The van der Waals surface area contributed by atoms with Gasteiger partial charge in [0.25, 0.3) is 5.56 Å². The Morgan fingerprint density at radius 3 is 2.96 bits per heavy atom. The van der Waals surface area contributed by atoms with Gasteiger partial charge in [-0.05, 0) is 63.3 Å². The second-order valence-corrected chi connectivity index (χ2v) is 8.42. The van der Waals surface area contributed by atoms with Crippen LogP contribution < -0.4 is 5.56 Å². The Morgan fingerprint density at radius 1 is 1.30 bits per heavy atom. The molecule has 2 aliphatic rings. The number of hydrogen-bond donors (Lipinski definition) is 2. The molecule has 3 heterocycles. The molecule has 1 fully saturated rings. The summed E-state index contributed by atoms with van der Waals surface area (Å²) in [5.74, 6) is 1.69. The van der Waals surface area contributed by atoms with E-state index in [1.54, 1.807) is 0 Å². The Balaban J connectivity index is 1.49. The highest BCUT2D eigenvalue weighted by Crippen LogP contribution is 2.44. The van der Waals surface area contributed by atoms with Gasteiger partial charge in [0.05, 0.1) is 0 Å². The molecular weight excluding hydrogens is 336 g/mol. The van der Waals surface area contributed by atoms with E-state index in [0.717, 1.165) is 37.1 Å². The van der Waals surface area contributed by atoms with Crippen molar-refractivity contribution in [1.82, 2.24) is 19.9 Å². The summed E-state index contributed by atoms with van der Waals surface area (Å²) < 4.78 is 0. The Hall–Kier alpha value is -2.40. The van der Waals surface area contributed by atoms with Crippen LogP contribution in [0.1, 0.15) is 40.5 Å². The Bertz CT molecular complexity index is 1080. The summed E-state index contributed by atoms with van der Waals surface area (Å²) in [6.45, 7) is 4.83. The maximum Gasteiger partial charge on any atom is 0.254 e. The second kappa shape index (κ2) is 6.06. The van der Waals surface area contributed by atoms with Crippen LogP contribution in [0.5, 0.6) is 0 Å². The maximum atomic E-state index is 12.5. The van der Waals surface area contributed by atoms with Crippen molar-refractivity contribution in [2.75, 3.05) is 13.6 Å². The number of piperidine rings is 1. The molecule has 5 nitrogen and oxygen atoms in total. The number of likely N-dealkylation sites (tertiary alicyclic amines) is 1. The predicted octanol–water partition coefficient (Wildman–Crippen LogP) is 3.07. The summed E-state index contributed by atoms with van der Waals surface area (Å²) in [6, 6.07) is 7.19. The molecule has 0 spiro atoms. The van der Waals surface area contributed by atoms with Gasteiger partial charge in [0.1, 0.15) is 5.82 Å². The van der Waals surface area contributed by atoms with Crippen LogP contribution >= 0.6 is 0 Å². The van der Waals surface area contributed by atoms with Crippen molar-refractivity contribution in [1.29, 1.82) is 0 Å². The number of likely N-dealkylation sites (N-methyl/N-ethyl adjacent to an activating group) is 1. The van der Waals surface area contributed by atoms with Gasteiger partial charge in [-0.1, -0.05) is 12.1 Å². The number of nitrogens with zero attached hydrogens (tertiary/aromatic N) is 2. The lowest BCUT2D eigenvalue weighted by molar-refractivity contribution is 0.111. The molecule has 0 bridgehead atoms. The summed E-state index contributed by atoms with van der Waals surface area (Å²) in [7, 11) is 2.24. The minimum Gasteiger partial charge on any atom is -0.361 e. The van der Waals surface area contributed by atoms with Crippen LogP contribution in [0.4, 0.5) is 0 Å². The summed E-state index contributed by atoms with van der Waals surface area (Å²) in [5.41, 5.74) is 5.93. The summed E-state index contributed by atoms with van der Waals surface area (Å²) in [6.07, 6.45) is 5.23. The van der Waals surface area contributed by atoms with Gasteiger partial charge in [0.15, 0.2) is 0 Å². The summed E-state index contributed by atoms with van der Waals surface area (Å²) in [4.78, 5) is 25.8. The number of nitrogens with one attached hydrogen (secondary N) is 2. The zero-order valence-electron chi connectivity index (χ0n) is 16.2. The smallest absolute Gasteiger partial charge is 0.254 e. The fourth-order valence-electron chi connectivity index (χ4n) is 5.48. The fraction of sp³-hybridized carbons (Fsp3) is 0.455. The average molecular weight is 362 g/mol. The van der Waals surface area contributed by atoms with Crippen LogP contribution in [-0.4, -0.2) is 39.5 Å². The Labute approximate surface area is 158 Å². The predicted molar refractivity (Wildman–Crippen MR) is 107 cm³/mol. The van der Waals surface area contributed by atoms with E-state index >= 15 is 0 Å². The number of hydrogen-bond acceptors (Lipinski definition) is 3. The topological polar surface area (TPSA) is 64.8 Å². The summed E-state index contributed by atoms with van der Waals surface area (Å²) in [5, 5.41) is 1.43. The minimum atomic E-state index is 0.0310. The molecule has 1 aliphatic carbocycles. The maximum absolute atomic E-state index is 12.5. The number of benzene rings is 1. The number of fused-ring (bicyclic) bond motifs is 2. The van der Waals surface area contributed by atoms with Gasteiger partial charge in [0.2, 0.25) is 0 Å². The molecule has 1 aromatic carbocycles. The van der Waals surface area contributed by atoms with Crippen LogP contribution in [-0.2, 0) is 12.8 Å². The Kier molecular flexibility index (Phi) is 3.76. The minimum absolute atomic E-state index is 0.0310. The van der Waals surface area contributed by atoms with Gasteiger partial charge in [-0.2, -0.15) is 0 Å². The average Bonchev–Trinajstić information content (AvgIpc) is 3.04. The second-order valence-electron chi connectivity index (χ2n) is 8.42. The quantitative estimate of drug-likeness (QED) is 0.736. The first kappa shape index (κ1) is 16.8. The highest BCUT2D eigenvalue weighted by molar-refractivity contribution is 5.88. The molecule has 0 amide bonds. The number of rotatable bonds is 2. The molecule has 0 saturated carbocycles. The lowest BCUT2D eigenvalue weighted by atomic mass is 9.71. The van der Waals surface area contributed by atoms with Crippen LogP contribution in [0.25, 0.3) is 10.9 Å². The van der Waals surface area contributed by atoms with Crippen LogP contribution in [0.15, 0.2) is 29.2 Å². The molecule has 2 aromatic heterocycles. The molecule has 1 aliphatic heterocycles. The largest absolute Gasteiger partial charge is 0.361 e. The van der Waals surface area contributed by atoms with Crippen molar-refractivity contribution in [2.45, 2.75) is 45.1 Å². The third-order valence-electron chi connectivity index (χ3n) is 6.65. The molecule has 1 unspecified atom stereocenters. The van der Waals surface area contributed by atoms with E-state index < -0.39 is 0 Å². The lowest BCUT2D eigenvalue weighted by Gasteiger charge is -2.45. The van der Waals surface area contributed by atoms with Gasteiger partial charge in [-0.25, -0.2) is 4.98 Å². The molecule has 5 heteroatoms. The van der Waals surface area contributed by atoms with E-state index in [-0.39, 0.29) is 5.56 Å². The molecule has 1 saturated heterocycles. The molecule has 3 atom stereocenters. The van der Waals surface area contributed by atoms with Crippen molar-refractivity contribution < 1.29 is 0 Å². The molecule has 2 N–H and O–H groups in total. The number of H-pyrrole nitrogens is 2. The van der Waals surface area contributed by atoms with Crippen molar-refractivity contribution in [2.24, 2.45) is 5.92 Å². The van der Waals surface area contributed by atoms with E-state index in [1.165, 1.54) is 22.0 Å². The van der Waals surface area contributed by atoms with Crippen LogP contribution in [0.3, 0.4) is 0 Å². The first-order valence-corrected chi connectivity index (χ1v) is 9.86. The molecule has 5 rings (SSSR count). The van der Waals surface area contributed by atoms with E-state index in [4.69, 9.17) is 0 Å². The van der Waals surface area contributed by atoms with Crippen molar-refractivity contribution in [3.63, 3.8) is 0 Å². The standard InChI is InChI=1S/C22H26N4O/c1-12-17(22(27)25-13(2)24-12)7-14-8-18-16-5-4-6-19-21(16)15(10-23-19)9-20(18)26(3)11-14/h4-6,10,14,18,20,23H,7-9,11H2,1-3H3,(H,24,25,27)/t14?,18-,20-/m1/s1. The highest BCUT2D eigenvalue weighted by atomic mass is 16.1. The highest BCUT2D eigenvalue weighted by Gasteiger charge is 2.39. The fourth-order valence-corrected chi connectivity index (χ4v) is 5.48. The third-order valence-corrected chi connectivity index (χ3v) is 6.65. The molecule has 27 heavy (non-hydrogen) atoms. The first-order valence-electron chi connectivity index (χ1n) is 9.86. The molecular formula is C22H26N4O. The normalized spacial score (nSPS) is 24.9. The zero-order valence-corrected chi connectivity index (χ0v) is 16.2. The SMILES string of the molecule is Cc1nc(C)c(CC2C[C@@H]3c4cccc5[nH]cc(c45)C[C@H]3N(C)C2)c(=O)[nH]1. The van der Waals surface area contributed by atoms with Gasteiger partial charge < -0.3 is 14.9 Å². The van der Waals surface area contributed by atoms with E-state index in [9.17, 15) is 4.79 Å². The van der Waals surface area contributed by atoms with Crippen LogP contribution in [0, 0.1) is 19.8 Å². The first-order chi connectivity index (χ1) is 13.0. The molecule has 140 valence electrons. The van der Waals surface area contributed by atoms with Crippen molar-refractivity contribution in [3.05, 3.63) is 63.0 Å². The van der Waals surface area contributed by atoms with Gasteiger partial charge in [-0.15, -0.1) is 0 Å². The molecule has 3 aromatic rings. The van der Waals surface area contributed by atoms with Gasteiger partial charge >= 0.3 is 0 Å².